The van der Waals surface area contributed by atoms with Crippen molar-refractivity contribution in [2.45, 2.75) is 12.0 Å². The van der Waals surface area contributed by atoms with Crippen molar-refractivity contribution in [2.24, 2.45) is 5.92 Å². The Morgan fingerprint density at radius 1 is 1.17 bits per heavy atom. The van der Waals surface area contributed by atoms with E-state index in [-0.39, 0.29) is 16.4 Å². The number of benzene rings is 2. The highest BCUT2D eigenvalue weighted by Crippen LogP contribution is 2.49. The molecule has 0 saturated carbocycles. The van der Waals surface area contributed by atoms with Crippen molar-refractivity contribution in [2.75, 3.05) is 5.32 Å². The van der Waals surface area contributed by atoms with Crippen molar-refractivity contribution in [3.8, 4) is 0 Å². The van der Waals surface area contributed by atoms with Gasteiger partial charge in [-0.3, -0.25) is 9.59 Å². The van der Waals surface area contributed by atoms with Crippen molar-refractivity contribution in [1.29, 1.82) is 0 Å². The first-order valence-electron chi connectivity index (χ1n) is 7.08. The summed E-state index contributed by atoms with van der Waals surface area (Å²) in [5.74, 6) is -1.79. The maximum absolute atomic E-state index is 12.7. The predicted molar refractivity (Wildman–Crippen MR) is 87.0 cm³/mol. The van der Waals surface area contributed by atoms with E-state index in [9.17, 15) is 14.7 Å². The van der Waals surface area contributed by atoms with Crippen LogP contribution in [0.15, 0.2) is 36.4 Å². The Morgan fingerprint density at radius 3 is 2.65 bits per heavy atom. The molecule has 6 heteroatoms. The quantitative estimate of drug-likeness (QED) is 0.832. The van der Waals surface area contributed by atoms with Crippen LogP contribution in [0.4, 0.5) is 5.69 Å². The molecule has 1 heterocycles. The second-order valence-electron chi connectivity index (χ2n) is 5.81. The molecule has 2 aromatic carbocycles. The Hall–Kier alpha value is -1.88. The highest BCUT2D eigenvalue weighted by Gasteiger charge is 2.56. The third-order valence-electron chi connectivity index (χ3n) is 4.58. The second kappa shape index (κ2) is 4.81. The lowest BCUT2D eigenvalue weighted by atomic mass is 9.80. The Balaban J connectivity index is 1.88. The van der Waals surface area contributed by atoms with E-state index < -0.39 is 17.4 Å². The SMILES string of the molecule is O=C1c2ccccc2C[C@H]1[C@]1(O)C(=O)Nc2c(Cl)cc(Cl)cc21. The minimum absolute atomic E-state index is 0.236. The maximum Gasteiger partial charge on any atom is 0.261 e. The van der Waals surface area contributed by atoms with Crippen molar-refractivity contribution in [3.63, 3.8) is 0 Å². The number of hydrogen-bond acceptors (Lipinski definition) is 3. The summed E-state index contributed by atoms with van der Waals surface area (Å²) in [6.45, 7) is 0. The first-order chi connectivity index (χ1) is 10.9. The molecule has 0 fully saturated rings. The number of amides is 1. The molecule has 0 aromatic heterocycles. The van der Waals surface area contributed by atoms with Gasteiger partial charge in [0.05, 0.1) is 16.6 Å². The van der Waals surface area contributed by atoms with Gasteiger partial charge in [-0.1, -0.05) is 47.5 Å². The predicted octanol–water partition coefficient (Wildman–Crippen LogP) is 3.19. The van der Waals surface area contributed by atoms with Gasteiger partial charge in [0.15, 0.2) is 11.4 Å². The largest absolute Gasteiger partial charge is 0.375 e. The lowest BCUT2D eigenvalue weighted by Crippen LogP contribution is -2.44. The molecular formula is C17H11Cl2NO3. The monoisotopic (exact) mass is 347 g/mol. The summed E-state index contributed by atoms with van der Waals surface area (Å²) < 4.78 is 0. The van der Waals surface area contributed by atoms with Gasteiger partial charge in [0.2, 0.25) is 0 Å². The number of fused-ring (bicyclic) bond motifs is 2. The normalized spacial score (nSPS) is 25.3. The van der Waals surface area contributed by atoms with Crippen LogP contribution in [0.1, 0.15) is 21.5 Å². The molecule has 0 radical (unpaired) electrons. The van der Waals surface area contributed by atoms with Gasteiger partial charge in [-0.25, -0.2) is 0 Å². The second-order valence-corrected chi connectivity index (χ2v) is 6.65. The number of halogens is 2. The van der Waals surface area contributed by atoms with E-state index in [1.54, 1.807) is 12.1 Å². The lowest BCUT2D eigenvalue weighted by molar-refractivity contribution is -0.137. The van der Waals surface area contributed by atoms with Crippen LogP contribution in [-0.2, 0) is 16.8 Å². The number of anilines is 1. The zero-order chi connectivity index (χ0) is 16.4. The van der Waals surface area contributed by atoms with Gasteiger partial charge in [0.1, 0.15) is 0 Å². The first-order valence-corrected chi connectivity index (χ1v) is 7.84. The maximum atomic E-state index is 12.7. The van der Waals surface area contributed by atoms with Crippen molar-refractivity contribution in [1.82, 2.24) is 0 Å². The molecule has 23 heavy (non-hydrogen) atoms. The summed E-state index contributed by atoms with van der Waals surface area (Å²) in [5.41, 5.74) is -0.0379. The summed E-state index contributed by atoms with van der Waals surface area (Å²) in [6.07, 6.45) is 0.294. The zero-order valence-corrected chi connectivity index (χ0v) is 13.3. The van der Waals surface area contributed by atoms with Crippen LogP contribution in [0.3, 0.4) is 0 Å². The van der Waals surface area contributed by atoms with Crippen molar-refractivity contribution in [3.05, 3.63) is 63.1 Å². The van der Waals surface area contributed by atoms with Gasteiger partial charge in [-0.15, -0.1) is 0 Å². The average molecular weight is 348 g/mol. The Morgan fingerprint density at radius 2 is 1.91 bits per heavy atom. The van der Waals surface area contributed by atoms with Crippen molar-refractivity contribution < 1.29 is 14.7 Å². The van der Waals surface area contributed by atoms with E-state index in [1.807, 2.05) is 12.1 Å². The van der Waals surface area contributed by atoms with E-state index in [0.717, 1.165) is 5.56 Å². The summed E-state index contributed by atoms with van der Waals surface area (Å²) >= 11 is 12.1. The van der Waals surface area contributed by atoms with Gasteiger partial charge < -0.3 is 10.4 Å². The highest BCUT2D eigenvalue weighted by atomic mass is 35.5. The van der Waals surface area contributed by atoms with Gasteiger partial charge in [-0.05, 0) is 24.1 Å². The number of aliphatic hydroxyl groups is 1. The molecule has 2 atom stereocenters. The number of hydrogen-bond donors (Lipinski definition) is 2. The van der Waals surface area contributed by atoms with E-state index in [2.05, 4.69) is 5.32 Å². The first kappa shape index (κ1) is 14.7. The number of carbonyl (C=O) groups excluding carboxylic acids is 2. The fourth-order valence-corrected chi connectivity index (χ4v) is 4.00. The van der Waals surface area contributed by atoms with Crippen LogP contribution in [0, 0.1) is 5.92 Å². The van der Waals surface area contributed by atoms with Gasteiger partial charge in [-0.2, -0.15) is 0 Å². The van der Waals surface area contributed by atoms with Crippen LogP contribution in [0.25, 0.3) is 0 Å². The standard InChI is InChI=1S/C17H11Cl2NO3/c18-9-6-11-14(13(19)7-9)20-16(22)17(11,23)12-5-8-3-1-2-4-10(8)15(12)21/h1-4,6-7,12,23H,5H2,(H,20,22)/t12-,17+/m1/s1. The Labute approximate surface area is 142 Å². The molecule has 1 amide bonds. The van der Waals surface area contributed by atoms with Crippen LogP contribution in [0.2, 0.25) is 10.0 Å². The molecule has 0 saturated heterocycles. The van der Waals surface area contributed by atoms with Gasteiger partial charge >= 0.3 is 0 Å². The number of ketones is 1. The van der Waals surface area contributed by atoms with Crippen LogP contribution < -0.4 is 5.32 Å². The number of Topliss-reactive ketones (excluding diaryl/α,β-unsaturated/α-hetero) is 1. The zero-order valence-electron chi connectivity index (χ0n) is 11.8. The minimum atomic E-state index is -1.97. The number of nitrogens with one attached hydrogen (secondary N) is 1. The summed E-state index contributed by atoms with van der Waals surface area (Å²) in [6, 6.07) is 10.1. The average Bonchev–Trinajstić information content (AvgIpc) is 2.98. The summed E-state index contributed by atoms with van der Waals surface area (Å²) in [5, 5.41) is 14.3. The molecule has 4 rings (SSSR count). The number of rotatable bonds is 1. The molecule has 2 aliphatic rings. The summed E-state index contributed by atoms with van der Waals surface area (Å²) in [7, 11) is 0. The molecule has 0 spiro atoms. The van der Waals surface area contributed by atoms with E-state index in [4.69, 9.17) is 23.2 Å². The van der Waals surface area contributed by atoms with Crippen LogP contribution >= 0.6 is 23.2 Å². The fraction of sp³-hybridized carbons (Fsp3) is 0.176. The molecule has 0 unspecified atom stereocenters. The molecule has 0 bridgehead atoms. The third kappa shape index (κ3) is 1.89. The van der Waals surface area contributed by atoms with Crippen LogP contribution in [0.5, 0.6) is 0 Å². The van der Waals surface area contributed by atoms with E-state index in [0.29, 0.717) is 22.7 Å². The Kier molecular flexibility index (Phi) is 3.07. The van der Waals surface area contributed by atoms with E-state index >= 15 is 0 Å². The topological polar surface area (TPSA) is 66.4 Å². The van der Waals surface area contributed by atoms with Crippen molar-refractivity contribution >= 4 is 40.6 Å². The molecule has 4 nitrogen and oxygen atoms in total. The summed E-state index contributed by atoms with van der Waals surface area (Å²) in [4.78, 5) is 25.2. The molecule has 116 valence electrons. The molecule has 1 aliphatic heterocycles. The number of carbonyl (C=O) groups is 2. The Bertz CT molecular complexity index is 880. The lowest BCUT2D eigenvalue weighted by Gasteiger charge is -2.26. The van der Waals surface area contributed by atoms with Crippen LogP contribution in [-0.4, -0.2) is 16.8 Å². The molecule has 2 aromatic rings. The molecular weight excluding hydrogens is 337 g/mol. The highest BCUT2D eigenvalue weighted by molar-refractivity contribution is 6.38. The van der Waals surface area contributed by atoms with E-state index in [1.165, 1.54) is 12.1 Å². The van der Waals surface area contributed by atoms with Gasteiger partial charge in [0.25, 0.3) is 5.91 Å². The third-order valence-corrected chi connectivity index (χ3v) is 5.09. The minimum Gasteiger partial charge on any atom is -0.375 e. The molecule has 2 N–H and O–H groups in total. The van der Waals surface area contributed by atoms with Gasteiger partial charge in [0, 0.05) is 16.1 Å². The molecule has 1 aliphatic carbocycles. The smallest absolute Gasteiger partial charge is 0.261 e. The fourth-order valence-electron chi connectivity index (χ4n) is 3.45.